The maximum absolute atomic E-state index is 13.7. The molecule has 21 heavy (non-hydrogen) atoms. The quantitative estimate of drug-likeness (QED) is 0.883. The van der Waals surface area contributed by atoms with Crippen LogP contribution in [0, 0.1) is 12.7 Å². The van der Waals surface area contributed by atoms with E-state index < -0.39 is 5.82 Å². The molecule has 2 aromatic carbocycles. The molecule has 0 aliphatic rings. The number of carbonyl (C=O) groups is 1. The van der Waals surface area contributed by atoms with Crippen LogP contribution in [0.15, 0.2) is 36.4 Å². The van der Waals surface area contributed by atoms with E-state index in [-0.39, 0.29) is 17.2 Å². The van der Waals surface area contributed by atoms with Gasteiger partial charge in [-0.3, -0.25) is 4.79 Å². The van der Waals surface area contributed by atoms with Crippen molar-refractivity contribution in [3.8, 4) is 5.75 Å². The van der Waals surface area contributed by atoms with E-state index in [2.05, 4.69) is 0 Å². The van der Waals surface area contributed by atoms with Gasteiger partial charge in [0.15, 0.2) is 0 Å². The normalized spacial score (nSPS) is 10.3. The molecule has 0 unspecified atom stereocenters. The minimum Gasteiger partial charge on any atom is -0.497 e. The number of nitrogens with zero attached hydrogens (tertiary/aromatic N) is 1. The van der Waals surface area contributed by atoms with E-state index in [0.717, 1.165) is 0 Å². The summed E-state index contributed by atoms with van der Waals surface area (Å²) in [5, 5.41) is 0. The van der Waals surface area contributed by atoms with E-state index in [1.165, 1.54) is 17.0 Å². The fraction of sp³-hybridized carbons (Fsp3) is 0.188. The monoisotopic (exact) mass is 288 g/mol. The van der Waals surface area contributed by atoms with Gasteiger partial charge in [-0.05, 0) is 43.3 Å². The van der Waals surface area contributed by atoms with Gasteiger partial charge in [0.05, 0.1) is 7.11 Å². The molecule has 0 aromatic heterocycles. The molecular formula is C16H17FN2O2. The number of methoxy groups -OCH3 is 1. The van der Waals surface area contributed by atoms with Crippen molar-refractivity contribution in [1.82, 2.24) is 0 Å². The maximum Gasteiger partial charge on any atom is 0.258 e. The smallest absolute Gasteiger partial charge is 0.258 e. The number of nitrogens with two attached hydrogens (primary N) is 1. The van der Waals surface area contributed by atoms with Crippen molar-refractivity contribution in [2.75, 3.05) is 24.8 Å². The Kier molecular flexibility index (Phi) is 4.12. The Balaban J connectivity index is 2.30. The van der Waals surface area contributed by atoms with Crippen molar-refractivity contribution in [2.24, 2.45) is 0 Å². The van der Waals surface area contributed by atoms with Gasteiger partial charge in [-0.2, -0.15) is 0 Å². The predicted octanol–water partition coefficient (Wildman–Crippen LogP) is 3.00. The molecule has 0 fully saturated rings. The van der Waals surface area contributed by atoms with Crippen LogP contribution in [0.5, 0.6) is 5.75 Å². The molecule has 0 aliphatic heterocycles. The van der Waals surface area contributed by atoms with E-state index in [0.29, 0.717) is 17.0 Å². The Bertz CT molecular complexity index is 645. The second kappa shape index (κ2) is 5.83. The average molecular weight is 288 g/mol. The van der Waals surface area contributed by atoms with Crippen molar-refractivity contribution >= 4 is 17.3 Å². The summed E-state index contributed by atoms with van der Waals surface area (Å²) in [5.41, 5.74) is 7.22. The van der Waals surface area contributed by atoms with Crippen molar-refractivity contribution in [1.29, 1.82) is 0 Å². The second-order valence-corrected chi connectivity index (χ2v) is 4.73. The van der Waals surface area contributed by atoms with E-state index in [1.54, 1.807) is 45.3 Å². The predicted molar refractivity (Wildman–Crippen MR) is 81.3 cm³/mol. The molecule has 1 amide bonds. The molecule has 4 nitrogen and oxygen atoms in total. The van der Waals surface area contributed by atoms with Crippen LogP contribution in [0.3, 0.4) is 0 Å². The third kappa shape index (κ3) is 2.97. The van der Waals surface area contributed by atoms with E-state index in [1.807, 2.05) is 0 Å². The molecule has 2 N–H and O–H groups in total. The van der Waals surface area contributed by atoms with E-state index >= 15 is 0 Å². The van der Waals surface area contributed by atoms with Gasteiger partial charge in [-0.25, -0.2) is 4.39 Å². The van der Waals surface area contributed by atoms with Gasteiger partial charge in [-0.15, -0.1) is 0 Å². The van der Waals surface area contributed by atoms with Crippen LogP contribution in [0.25, 0.3) is 0 Å². The number of amides is 1. The first-order valence-corrected chi connectivity index (χ1v) is 6.41. The van der Waals surface area contributed by atoms with Crippen LogP contribution < -0.4 is 15.4 Å². The standard InChI is InChI=1S/C16H17FN2O2/c1-10-14(17)8-11(9-15(10)18)16(20)19(2)12-4-6-13(21-3)7-5-12/h4-9H,18H2,1-3H3. The topological polar surface area (TPSA) is 55.6 Å². The molecule has 5 heteroatoms. The molecule has 0 heterocycles. The number of nitrogen functional groups attached to an aromatic ring is 1. The van der Waals surface area contributed by atoms with Crippen molar-refractivity contribution < 1.29 is 13.9 Å². The highest BCUT2D eigenvalue weighted by molar-refractivity contribution is 6.06. The Hall–Kier alpha value is -2.56. The van der Waals surface area contributed by atoms with Gasteiger partial charge < -0.3 is 15.4 Å². The number of hydrogen-bond donors (Lipinski definition) is 1. The molecule has 0 spiro atoms. The number of halogens is 1. The average Bonchev–Trinajstić information content (AvgIpc) is 2.50. The molecule has 0 bridgehead atoms. The van der Waals surface area contributed by atoms with Gasteiger partial charge in [0.1, 0.15) is 11.6 Å². The number of benzene rings is 2. The first kappa shape index (κ1) is 14.8. The van der Waals surface area contributed by atoms with Crippen LogP contribution in [0.2, 0.25) is 0 Å². The lowest BCUT2D eigenvalue weighted by Crippen LogP contribution is -2.26. The van der Waals surface area contributed by atoms with Gasteiger partial charge >= 0.3 is 0 Å². The molecule has 2 rings (SSSR count). The fourth-order valence-electron chi connectivity index (χ4n) is 1.94. The second-order valence-electron chi connectivity index (χ2n) is 4.73. The summed E-state index contributed by atoms with van der Waals surface area (Å²) >= 11 is 0. The largest absolute Gasteiger partial charge is 0.497 e. The maximum atomic E-state index is 13.7. The van der Waals surface area contributed by atoms with Crippen LogP contribution in [0.4, 0.5) is 15.8 Å². The Morgan fingerprint density at radius 2 is 1.86 bits per heavy atom. The lowest BCUT2D eigenvalue weighted by Gasteiger charge is -2.18. The molecule has 0 aliphatic carbocycles. The van der Waals surface area contributed by atoms with Crippen molar-refractivity contribution in [3.63, 3.8) is 0 Å². The molecule has 2 aromatic rings. The summed E-state index contributed by atoms with van der Waals surface area (Å²) in [7, 11) is 3.19. The first-order chi connectivity index (χ1) is 9.93. The number of hydrogen-bond acceptors (Lipinski definition) is 3. The summed E-state index contributed by atoms with van der Waals surface area (Å²) in [4.78, 5) is 13.8. The minimum atomic E-state index is -0.485. The van der Waals surface area contributed by atoms with Crippen molar-refractivity contribution in [3.05, 3.63) is 53.3 Å². The molecular weight excluding hydrogens is 271 g/mol. The minimum absolute atomic E-state index is 0.217. The Morgan fingerprint density at radius 1 is 1.24 bits per heavy atom. The highest BCUT2D eigenvalue weighted by Crippen LogP contribution is 2.22. The van der Waals surface area contributed by atoms with Gasteiger partial charge in [0.2, 0.25) is 0 Å². The van der Waals surface area contributed by atoms with Crippen LogP contribution in [-0.4, -0.2) is 20.1 Å². The summed E-state index contributed by atoms with van der Waals surface area (Å²) in [6.45, 7) is 1.58. The highest BCUT2D eigenvalue weighted by Gasteiger charge is 2.16. The SMILES string of the molecule is COc1ccc(N(C)C(=O)c2cc(N)c(C)c(F)c2)cc1. The van der Waals surface area contributed by atoms with Crippen LogP contribution >= 0.6 is 0 Å². The molecule has 0 radical (unpaired) electrons. The molecule has 0 saturated carbocycles. The summed E-state index contributed by atoms with van der Waals surface area (Å²) in [6.07, 6.45) is 0. The molecule has 110 valence electrons. The lowest BCUT2D eigenvalue weighted by molar-refractivity contribution is 0.0992. The lowest BCUT2D eigenvalue weighted by atomic mass is 10.1. The van der Waals surface area contributed by atoms with Gasteiger partial charge in [0.25, 0.3) is 5.91 Å². The van der Waals surface area contributed by atoms with E-state index in [4.69, 9.17) is 10.5 Å². The number of carbonyl (C=O) groups excluding carboxylic acids is 1. The number of rotatable bonds is 3. The third-order valence-corrected chi connectivity index (χ3v) is 3.40. The molecule has 0 atom stereocenters. The third-order valence-electron chi connectivity index (χ3n) is 3.40. The number of ether oxygens (including phenoxy) is 1. The number of anilines is 2. The van der Waals surface area contributed by atoms with Crippen molar-refractivity contribution in [2.45, 2.75) is 6.92 Å². The van der Waals surface area contributed by atoms with Crippen LogP contribution in [-0.2, 0) is 0 Å². The van der Waals surface area contributed by atoms with Gasteiger partial charge in [0, 0.05) is 29.5 Å². The first-order valence-electron chi connectivity index (χ1n) is 6.41. The van der Waals surface area contributed by atoms with Gasteiger partial charge in [-0.1, -0.05) is 0 Å². The zero-order valence-corrected chi connectivity index (χ0v) is 12.2. The fourth-order valence-corrected chi connectivity index (χ4v) is 1.94. The summed E-state index contributed by atoms with van der Waals surface area (Å²) < 4.78 is 18.8. The molecule has 0 saturated heterocycles. The van der Waals surface area contributed by atoms with E-state index in [9.17, 15) is 9.18 Å². The Labute approximate surface area is 122 Å². The highest BCUT2D eigenvalue weighted by atomic mass is 19.1. The zero-order chi connectivity index (χ0) is 15.6. The van der Waals surface area contributed by atoms with Crippen LogP contribution in [0.1, 0.15) is 15.9 Å². The Morgan fingerprint density at radius 3 is 2.38 bits per heavy atom. The summed E-state index contributed by atoms with van der Waals surface area (Å²) in [5.74, 6) is -0.113. The zero-order valence-electron chi connectivity index (χ0n) is 12.2. The summed E-state index contributed by atoms with van der Waals surface area (Å²) in [6, 6.07) is 9.70.